The summed E-state index contributed by atoms with van der Waals surface area (Å²) in [5.74, 6) is -1.62. The second-order valence-corrected chi connectivity index (χ2v) is 11.0. The van der Waals surface area contributed by atoms with Crippen LogP contribution in [0.2, 0.25) is 0 Å². The number of aromatic amines is 1. The molecule has 9 nitrogen and oxygen atoms in total. The Balaban J connectivity index is 1.27. The predicted octanol–water partition coefficient (Wildman–Crippen LogP) is 3.42. The van der Waals surface area contributed by atoms with Gasteiger partial charge in [-0.3, -0.25) is 19.7 Å². The minimum atomic E-state index is -1.36. The molecule has 200 valence electrons. The minimum absolute atomic E-state index is 0.310. The molecule has 0 saturated carbocycles. The lowest BCUT2D eigenvalue weighted by Crippen LogP contribution is -2.53. The maximum atomic E-state index is 14.3. The maximum absolute atomic E-state index is 14.3. The van der Waals surface area contributed by atoms with Crippen molar-refractivity contribution in [3.8, 4) is 11.5 Å². The summed E-state index contributed by atoms with van der Waals surface area (Å²) in [6.07, 6.45) is 2.41. The number of fused-ring (bicyclic) bond motifs is 6. The van der Waals surface area contributed by atoms with Crippen molar-refractivity contribution in [2.75, 3.05) is 23.4 Å². The van der Waals surface area contributed by atoms with Gasteiger partial charge in [-0.1, -0.05) is 35.9 Å². The Hall–Kier alpha value is -4.63. The fourth-order valence-corrected chi connectivity index (χ4v) is 7.05. The summed E-state index contributed by atoms with van der Waals surface area (Å²) in [6, 6.07) is 18.3. The molecule has 3 N–H and O–H groups in total. The molecule has 0 aliphatic carbocycles. The first kappa shape index (κ1) is 23.3. The van der Waals surface area contributed by atoms with E-state index < -0.39 is 29.3 Å². The molecule has 0 radical (unpaired) electrons. The molecular formula is C31H26N4O5. The number of H-pyrrole nitrogens is 1. The van der Waals surface area contributed by atoms with E-state index in [4.69, 9.17) is 9.47 Å². The maximum Gasteiger partial charge on any atom is 0.250 e. The third-order valence-electron chi connectivity index (χ3n) is 8.77. The number of imide groups is 1. The van der Waals surface area contributed by atoms with Crippen LogP contribution >= 0.6 is 0 Å². The molecule has 2 fully saturated rings. The molecule has 4 atom stereocenters. The number of amides is 3. The topological polar surface area (TPSA) is 113 Å². The lowest BCUT2D eigenvalue weighted by Gasteiger charge is -2.30. The third-order valence-corrected chi connectivity index (χ3v) is 8.77. The zero-order valence-electron chi connectivity index (χ0n) is 21.7. The van der Waals surface area contributed by atoms with Crippen molar-refractivity contribution in [3.05, 3.63) is 83.6 Å². The molecule has 4 aliphatic rings. The molecule has 3 amide bonds. The van der Waals surface area contributed by atoms with Crippen molar-refractivity contribution in [2.45, 2.75) is 24.9 Å². The van der Waals surface area contributed by atoms with Crippen LogP contribution in [0.1, 0.15) is 16.7 Å². The van der Waals surface area contributed by atoms with Gasteiger partial charge in [0.25, 0.3) is 0 Å². The van der Waals surface area contributed by atoms with Gasteiger partial charge in [-0.05, 0) is 43.2 Å². The van der Waals surface area contributed by atoms with Gasteiger partial charge in [-0.2, -0.15) is 0 Å². The summed E-state index contributed by atoms with van der Waals surface area (Å²) in [6.45, 7) is 2.78. The summed E-state index contributed by atoms with van der Waals surface area (Å²) < 4.78 is 11.4. The van der Waals surface area contributed by atoms with Crippen LogP contribution in [0.3, 0.4) is 0 Å². The summed E-state index contributed by atoms with van der Waals surface area (Å²) in [5, 5.41) is 7.58. The Morgan fingerprint density at radius 1 is 0.950 bits per heavy atom. The zero-order valence-corrected chi connectivity index (χ0v) is 21.7. The fraction of sp³-hybridized carbons (Fsp3) is 0.258. The smallest absolute Gasteiger partial charge is 0.250 e. The molecule has 9 heteroatoms. The van der Waals surface area contributed by atoms with Crippen LogP contribution in [-0.4, -0.2) is 42.0 Å². The molecule has 4 aromatic rings. The molecule has 0 bridgehead atoms. The number of nitrogens with one attached hydrogen (secondary N) is 3. The molecule has 3 aromatic carbocycles. The summed E-state index contributed by atoms with van der Waals surface area (Å²) in [4.78, 5) is 47.0. The van der Waals surface area contributed by atoms with Crippen LogP contribution < -0.4 is 25.0 Å². The van der Waals surface area contributed by atoms with Crippen molar-refractivity contribution in [2.24, 2.45) is 11.8 Å². The highest BCUT2D eigenvalue weighted by atomic mass is 16.6. The standard InChI is InChI=1S/C31H26N4O5/c1-16-6-8-22-20(12-16)31(30(38)33-22)27-26(23(34-31)13-17-15-32-21-5-3-2-4-19(17)21)28(36)35(29(27)37)18-7-9-24-25(14-18)40-11-10-39-24/h2-9,12,14-15,23,26-27,32,34H,10-11,13H2,1H3,(H,33,38)/t23-,26+,27-,31+/m0/s1. The van der Waals surface area contributed by atoms with Crippen LogP contribution in [0.5, 0.6) is 11.5 Å². The number of hydrogen-bond acceptors (Lipinski definition) is 6. The first-order valence-corrected chi connectivity index (χ1v) is 13.5. The molecule has 1 aromatic heterocycles. The zero-order chi connectivity index (χ0) is 27.2. The second-order valence-electron chi connectivity index (χ2n) is 11.0. The SMILES string of the molecule is Cc1ccc2c(c1)[C@]1(N[C@@H](Cc3c[nH]c4ccccc34)[C@H]3C(=O)N(c4ccc5c(c4)OCCO5)C(=O)[C@H]31)C(=O)N2. The highest BCUT2D eigenvalue weighted by Gasteiger charge is 2.70. The van der Waals surface area contributed by atoms with Gasteiger partial charge in [0.15, 0.2) is 11.5 Å². The van der Waals surface area contributed by atoms with E-state index in [2.05, 4.69) is 15.6 Å². The van der Waals surface area contributed by atoms with E-state index >= 15 is 0 Å². The first-order valence-electron chi connectivity index (χ1n) is 13.5. The molecule has 40 heavy (non-hydrogen) atoms. The summed E-state index contributed by atoms with van der Waals surface area (Å²) >= 11 is 0. The van der Waals surface area contributed by atoms with Crippen LogP contribution in [-0.2, 0) is 26.3 Å². The summed E-state index contributed by atoms with van der Waals surface area (Å²) in [5.41, 5.74) is 3.40. The van der Waals surface area contributed by atoms with Crippen molar-refractivity contribution in [1.29, 1.82) is 0 Å². The number of rotatable bonds is 3. The third kappa shape index (κ3) is 3.03. The number of hydrogen-bond donors (Lipinski definition) is 3. The Labute approximate surface area is 229 Å². The number of carbonyl (C=O) groups is 3. The number of para-hydroxylation sites is 1. The lowest BCUT2D eigenvalue weighted by molar-refractivity contribution is -0.130. The van der Waals surface area contributed by atoms with Crippen LogP contribution in [0.15, 0.2) is 66.9 Å². The van der Waals surface area contributed by atoms with E-state index in [0.717, 1.165) is 22.0 Å². The van der Waals surface area contributed by atoms with Crippen LogP contribution in [0.25, 0.3) is 10.9 Å². The number of ether oxygens (including phenoxy) is 2. The van der Waals surface area contributed by atoms with Gasteiger partial charge in [-0.25, -0.2) is 4.90 Å². The summed E-state index contributed by atoms with van der Waals surface area (Å²) in [7, 11) is 0. The number of anilines is 2. The highest BCUT2D eigenvalue weighted by molar-refractivity contribution is 6.26. The van der Waals surface area contributed by atoms with E-state index in [9.17, 15) is 14.4 Å². The fourth-order valence-electron chi connectivity index (χ4n) is 7.05. The highest BCUT2D eigenvalue weighted by Crippen LogP contribution is 2.54. The lowest BCUT2D eigenvalue weighted by atomic mass is 9.76. The molecule has 8 rings (SSSR count). The first-order chi connectivity index (χ1) is 19.5. The van der Waals surface area contributed by atoms with Gasteiger partial charge in [0.2, 0.25) is 17.7 Å². The van der Waals surface area contributed by atoms with Gasteiger partial charge >= 0.3 is 0 Å². The Morgan fingerprint density at radius 2 is 1.77 bits per heavy atom. The van der Waals surface area contributed by atoms with Gasteiger partial charge < -0.3 is 19.8 Å². The number of nitrogens with zero attached hydrogens (tertiary/aromatic N) is 1. The van der Waals surface area contributed by atoms with Crippen LogP contribution in [0.4, 0.5) is 11.4 Å². The van der Waals surface area contributed by atoms with E-state index in [0.29, 0.717) is 48.1 Å². The van der Waals surface area contributed by atoms with Gasteiger partial charge in [0, 0.05) is 40.5 Å². The van der Waals surface area contributed by atoms with Crippen molar-refractivity contribution >= 4 is 40.0 Å². The molecule has 4 aliphatic heterocycles. The normalized spacial score (nSPS) is 26.5. The van der Waals surface area contributed by atoms with E-state index in [1.807, 2.05) is 55.6 Å². The molecule has 1 spiro atoms. The van der Waals surface area contributed by atoms with E-state index in [-0.39, 0.29) is 11.8 Å². The predicted molar refractivity (Wildman–Crippen MR) is 147 cm³/mol. The van der Waals surface area contributed by atoms with Crippen LogP contribution in [0, 0.1) is 18.8 Å². The Bertz CT molecular complexity index is 1760. The van der Waals surface area contributed by atoms with Crippen molar-refractivity contribution in [1.82, 2.24) is 10.3 Å². The quantitative estimate of drug-likeness (QED) is 0.347. The average Bonchev–Trinajstić information content (AvgIpc) is 3.67. The van der Waals surface area contributed by atoms with E-state index in [1.165, 1.54) is 4.90 Å². The Morgan fingerprint density at radius 3 is 2.65 bits per heavy atom. The van der Waals surface area contributed by atoms with Gasteiger partial charge in [0.05, 0.1) is 17.5 Å². The number of aryl methyl sites for hydroxylation is 1. The Kier molecular flexibility index (Phi) is 4.76. The second kappa shape index (κ2) is 8.19. The largest absolute Gasteiger partial charge is 0.486 e. The number of aromatic nitrogens is 1. The number of carbonyl (C=O) groups excluding carboxylic acids is 3. The monoisotopic (exact) mass is 534 g/mol. The van der Waals surface area contributed by atoms with Gasteiger partial charge in [-0.15, -0.1) is 0 Å². The average molecular weight is 535 g/mol. The molecule has 0 unspecified atom stereocenters. The molecule has 5 heterocycles. The number of benzene rings is 3. The van der Waals surface area contributed by atoms with E-state index in [1.54, 1.807) is 18.2 Å². The van der Waals surface area contributed by atoms with Gasteiger partial charge in [0.1, 0.15) is 18.8 Å². The van der Waals surface area contributed by atoms with Crippen molar-refractivity contribution < 1.29 is 23.9 Å². The minimum Gasteiger partial charge on any atom is -0.486 e. The molecule has 2 saturated heterocycles. The molecular weight excluding hydrogens is 508 g/mol. The van der Waals surface area contributed by atoms with Crippen molar-refractivity contribution in [3.63, 3.8) is 0 Å².